The van der Waals surface area contributed by atoms with E-state index in [0.717, 1.165) is 17.7 Å². The second kappa shape index (κ2) is 11.1. The quantitative estimate of drug-likeness (QED) is 0.475. The molecule has 0 atom stereocenters. The van der Waals surface area contributed by atoms with E-state index in [1.165, 1.54) is 24.5 Å². The second-order valence-electron chi connectivity index (χ2n) is 11.3. The Morgan fingerprint density at radius 2 is 1.76 bits per heavy atom. The number of para-hydroxylation sites is 1. The number of fused-ring (bicyclic) bond motifs is 1. The van der Waals surface area contributed by atoms with Crippen molar-refractivity contribution >= 4 is 28.9 Å². The fourth-order valence-electron chi connectivity index (χ4n) is 5.26. The number of hydrogen-bond donors (Lipinski definition) is 1. The molecule has 41 heavy (non-hydrogen) atoms. The maximum Gasteiger partial charge on any atom is 0.410 e. The van der Waals surface area contributed by atoms with E-state index < -0.39 is 17.0 Å². The van der Waals surface area contributed by atoms with Crippen LogP contribution in [0.15, 0.2) is 29.3 Å². The number of carbonyl (C=O) groups is 1. The molecule has 2 fully saturated rings. The highest BCUT2D eigenvalue weighted by atomic mass is 19.1. The number of halogens is 1. The molecule has 3 aromatic rings. The summed E-state index contributed by atoms with van der Waals surface area (Å²) in [5.74, 6) is -0.279. The number of benzene rings is 1. The van der Waals surface area contributed by atoms with Gasteiger partial charge in [-0.1, -0.05) is 19.9 Å². The van der Waals surface area contributed by atoms with Gasteiger partial charge in [0.1, 0.15) is 28.9 Å². The van der Waals surface area contributed by atoms with E-state index in [0.29, 0.717) is 57.1 Å². The number of aromatic hydroxyl groups is 1. The number of hydrogen-bond acceptors (Lipinski definition) is 10. The van der Waals surface area contributed by atoms with Gasteiger partial charge in [-0.2, -0.15) is 4.98 Å². The normalized spacial score (nSPS) is 16.4. The fourth-order valence-corrected chi connectivity index (χ4v) is 5.26. The van der Waals surface area contributed by atoms with Crippen molar-refractivity contribution in [2.24, 2.45) is 0 Å². The molecule has 4 heterocycles. The molecular weight excluding hydrogens is 531 g/mol. The first-order valence-corrected chi connectivity index (χ1v) is 14.0. The van der Waals surface area contributed by atoms with Crippen LogP contribution in [0, 0.1) is 5.82 Å². The van der Waals surface area contributed by atoms with Gasteiger partial charge in [-0.25, -0.2) is 19.2 Å². The highest BCUT2D eigenvalue weighted by Gasteiger charge is 2.34. The number of anilines is 2. The monoisotopic (exact) mass is 568 g/mol. The Morgan fingerprint density at radius 1 is 1.07 bits per heavy atom. The van der Waals surface area contributed by atoms with Gasteiger partial charge in [-0.3, -0.25) is 14.3 Å². The lowest BCUT2D eigenvalue weighted by molar-refractivity contribution is 0.0240. The average molecular weight is 569 g/mol. The molecule has 0 unspecified atom stereocenters. The molecule has 220 valence electrons. The molecule has 1 N–H and O–H groups in total. The van der Waals surface area contributed by atoms with Crippen LogP contribution in [0.1, 0.15) is 34.6 Å². The third-order valence-electron chi connectivity index (χ3n) is 7.49. The number of rotatable bonds is 6. The smallest absolute Gasteiger partial charge is 0.410 e. The second-order valence-corrected chi connectivity index (χ2v) is 11.3. The number of amides is 1. The molecule has 2 saturated heterocycles. The van der Waals surface area contributed by atoms with Crippen LogP contribution in [0.25, 0.3) is 16.7 Å². The van der Waals surface area contributed by atoms with Crippen molar-refractivity contribution < 1.29 is 19.0 Å². The minimum atomic E-state index is -0.758. The van der Waals surface area contributed by atoms with Crippen molar-refractivity contribution in [1.82, 2.24) is 29.3 Å². The molecule has 2 aliphatic rings. The summed E-state index contributed by atoms with van der Waals surface area (Å²) < 4.78 is 21.2. The van der Waals surface area contributed by atoms with Gasteiger partial charge in [-0.15, -0.1) is 0 Å². The Bertz CT molecular complexity index is 1470. The van der Waals surface area contributed by atoms with Crippen molar-refractivity contribution in [3.8, 4) is 11.4 Å². The summed E-state index contributed by atoms with van der Waals surface area (Å²) in [6.07, 6.45) is 0.811. The van der Waals surface area contributed by atoms with E-state index in [2.05, 4.69) is 28.7 Å². The Labute approximate surface area is 238 Å². The van der Waals surface area contributed by atoms with Crippen LogP contribution in [-0.2, 0) is 4.74 Å². The van der Waals surface area contributed by atoms with Gasteiger partial charge in [-0.05, 0) is 46.0 Å². The number of likely N-dealkylation sites (N-methyl/N-ethyl adjacent to an activating group) is 1. The highest BCUT2D eigenvalue weighted by molar-refractivity contribution is 5.86. The molecular formula is C28H37FN8O4. The van der Waals surface area contributed by atoms with Crippen LogP contribution in [-0.4, -0.2) is 105 Å². The third kappa shape index (κ3) is 5.63. The van der Waals surface area contributed by atoms with Crippen molar-refractivity contribution in [1.29, 1.82) is 0 Å². The molecule has 1 aromatic carbocycles. The van der Waals surface area contributed by atoms with E-state index in [1.54, 1.807) is 4.90 Å². The lowest BCUT2D eigenvalue weighted by Crippen LogP contribution is -2.60. The molecule has 0 aliphatic carbocycles. The van der Waals surface area contributed by atoms with E-state index in [1.807, 2.05) is 30.6 Å². The standard InChI is InChI=1S/C28H37FN8O4/c1-6-33(7-2)18-15-36(16-18)26-31-22-21(30-17-37(25(22)39)23-19(29)9-8-10-20(23)38)24(32-26)34-11-13-35(14-12-34)27(40)41-28(3,4)5/h8-10,17-18,38H,6-7,11-16H2,1-5H3. The maximum absolute atomic E-state index is 14.7. The van der Waals surface area contributed by atoms with Crippen LogP contribution < -0.4 is 15.4 Å². The van der Waals surface area contributed by atoms with Crippen LogP contribution >= 0.6 is 0 Å². The molecule has 2 aromatic heterocycles. The minimum Gasteiger partial charge on any atom is -0.506 e. The lowest BCUT2D eigenvalue weighted by atomic mass is 10.1. The van der Waals surface area contributed by atoms with E-state index >= 15 is 0 Å². The zero-order valence-corrected chi connectivity index (χ0v) is 24.2. The zero-order valence-electron chi connectivity index (χ0n) is 24.2. The van der Waals surface area contributed by atoms with Crippen molar-refractivity contribution in [3.63, 3.8) is 0 Å². The van der Waals surface area contributed by atoms with Gasteiger partial charge < -0.3 is 24.5 Å². The maximum atomic E-state index is 14.7. The van der Waals surface area contributed by atoms with Crippen LogP contribution in [0.2, 0.25) is 0 Å². The molecule has 0 bridgehead atoms. The number of phenols is 1. The zero-order chi connectivity index (χ0) is 29.5. The number of piperazine rings is 1. The summed E-state index contributed by atoms with van der Waals surface area (Å²) in [6, 6.07) is 4.19. The lowest BCUT2D eigenvalue weighted by Gasteiger charge is -2.45. The third-order valence-corrected chi connectivity index (χ3v) is 7.49. The molecule has 0 saturated carbocycles. The Kier molecular flexibility index (Phi) is 7.73. The van der Waals surface area contributed by atoms with Crippen LogP contribution in [0.3, 0.4) is 0 Å². The summed E-state index contributed by atoms with van der Waals surface area (Å²) in [7, 11) is 0. The number of phenolic OH excluding ortho intramolecular Hbond substituents is 1. The Hall–Kier alpha value is -4.00. The molecule has 13 heteroatoms. The van der Waals surface area contributed by atoms with Crippen molar-refractivity contribution in [3.05, 3.63) is 40.7 Å². The van der Waals surface area contributed by atoms with Gasteiger partial charge in [0.25, 0.3) is 5.56 Å². The van der Waals surface area contributed by atoms with Gasteiger partial charge in [0.05, 0.1) is 0 Å². The number of carbonyl (C=O) groups excluding carboxylic acids is 1. The number of nitrogens with zero attached hydrogens (tertiary/aromatic N) is 8. The van der Waals surface area contributed by atoms with E-state index in [9.17, 15) is 19.1 Å². The molecule has 5 rings (SSSR count). The molecule has 2 aliphatic heterocycles. The van der Waals surface area contributed by atoms with E-state index in [4.69, 9.17) is 9.72 Å². The first-order valence-electron chi connectivity index (χ1n) is 14.0. The molecule has 0 radical (unpaired) electrons. The summed E-state index contributed by atoms with van der Waals surface area (Å²) in [5, 5.41) is 10.3. The SMILES string of the molecule is CCN(CC)C1CN(c2nc(N3CCN(C(=O)OC(C)(C)C)CC3)c3ncn(-c4c(O)cccc4F)c(=O)c3n2)C1. The van der Waals surface area contributed by atoms with Gasteiger partial charge in [0, 0.05) is 45.3 Å². The molecule has 1 amide bonds. The average Bonchev–Trinajstić information content (AvgIpc) is 2.90. The predicted molar refractivity (Wildman–Crippen MR) is 153 cm³/mol. The topological polar surface area (TPSA) is 120 Å². The van der Waals surface area contributed by atoms with Crippen molar-refractivity contribution in [2.75, 3.05) is 62.2 Å². The van der Waals surface area contributed by atoms with Gasteiger partial charge >= 0.3 is 6.09 Å². The molecule has 0 spiro atoms. The number of ether oxygens (including phenoxy) is 1. The molecule has 12 nitrogen and oxygen atoms in total. The largest absolute Gasteiger partial charge is 0.506 e. The summed E-state index contributed by atoms with van der Waals surface area (Å²) in [6.45, 7) is 14.7. The minimum absolute atomic E-state index is 0.0241. The fraction of sp³-hybridized carbons (Fsp3) is 0.536. The van der Waals surface area contributed by atoms with Gasteiger partial charge in [0.2, 0.25) is 5.95 Å². The Balaban J connectivity index is 1.52. The van der Waals surface area contributed by atoms with E-state index in [-0.39, 0.29) is 28.6 Å². The van der Waals surface area contributed by atoms with Crippen molar-refractivity contribution in [2.45, 2.75) is 46.3 Å². The first-order chi connectivity index (χ1) is 19.5. The summed E-state index contributed by atoms with van der Waals surface area (Å²) in [5.41, 5.74) is -1.20. The Morgan fingerprint density at radius 3 is 2.37 bits per heavy atom. The predicted octanol–water partition coefficient (Wildman–Crippen LogP) is 2.61. The summed E-state index contributed by atoms with van der Waals surface area (Å²) in [4.78, 5) is 48.3. The first kappa shape index (κ1) is 28.5. The van der Waals surface area contributed by atoms with Gasteiger partial charge in [0.15, 0.2) is 17.2 Å². The number of aromatic nitrogens is 4. The highest BCUT2D eigenvalue weighted by Crippen LogP contribution is 2.29. The van der Waals surface area contributed by atoms with Crippen LogP contribution in [0.5, 0.6) is 5.75 Å². The van der Waals surface area contributed by atoms with Crippen LogP contribution in [0.4, 0.5) is 21.0 Å². The summed E-state index contributed by atoms with van der Waals surface area (Å²) >= 11 is 0.